The zero-order valence-electron chi connectivity index (χ0n) is 19.9. The molecule has 5 rings (SSSR count). The lowest BCUT2D eigenvalue weighted by Crippen LogP contribution is -2.47. The Balaban J connectivity index is 1.62. The number of anilines is 2. The van der Waals surface area contributed by atoms with Gasteiger partial charge in [0, 0.05) is 49.0 Å². The van der Waals surface area contributed by atoms with Crippen molar-refractivity contribution in [2.45, 2.75) is 11.1 Å². The van der Waals surface area contributed by atoms with Crippen molar-refractivity contribution in [1.82, 2.24) is 19.9 Å². The van der Waals surface area contributed by atoms with Gasteiger partial charge in [-0.15, -0.1) is 9.32 Å². The van der Waals surface area contributed by atoms with Crippen LogP contribution in [0.5, 0.6) is 0 Å². The predicted molar refractivity (Wildman–Crippen MR) is 137 cm³/mol. The molecule has 0 spiro atoms. The molecule has 0 unspecified atom stereocenters. The van der Waals surface area contributed by atoms with Gasteiger partial charge in [0.15, 0.2) is 0 Å². The van der Waals surface area contributed by atoms with Gasteiger partial charge in [-0.2, -0.15) is 19.1 Å². The van der Waals surface area contributed by atoms with Gasteiger partial charge >= 0.3 is 6.18 Å². The molecule has 13 heteroatoms. The number of aromatic nitrogens is 4. The van der Waals surface area contributed by atoms with Gasteiger partial charge < -0.3 is 9.80 Å². The highest BCUT2D eigenvalue weighted by molar-refractivity contribution is 7.94. The first-order chi connectivity index (χ1) is 18.4. The zero-order valence-corrected chi connectivity index (χ0v) is 20.7. The van der Waals surface area contributed by atoms with Crippen LogP contribution in [0, 0.1) is 0 Å². The number of piperazine rings is 1. The van der Waals surface area contributed by atoms with Crippen LogP contribution < -0.4 is 15.7 Å². The minimum Gasteiger partial charge on any atom is -0.352 e. The molecule has 1 fully saturated rings. The summed E-state index contributed by atoms with van der Waals surface area (Å²) in [4.78, 5) is 25.2. The number of hydrogen-bond donors (Lipinski definition) is 1. The van der Waals surface area contributed by atoms with E-state index >= 15 is 0 Å². The quantitative estimate of drug-likeness (QED) is 0.200. The number of hydrogen-bond acceptors (Lipinski definition) is 10. The second kappa shape index (κ2) is 11.3. The number of halogens is 3. The van der Waals surface area contributed by atoms with Crippen LogP contribution in [0.1, 0.15) is 5.82 Å². The molecule has 3 heterocycles. The molecule has 9 nitrogen and oxygen atoms in total. The van der Waals surface area contributed by atoms with Crippen molar-refractivity contribution in [3.63, 3.8) is 0 Å². The molecule has 0 aliphatic carbocycles. The van der Waals surface area contributed by atoms with E-state index in [9.17, 15) is 13.2 Å². The Labute approximate surface area is 220 Å². The molecule has 4 aromatic rings. The second-order valence-corrected chi connectivity index (χ2v) is 9.03. The lowest BCUT2D eigenvalue weighted by Gasteiger charge is -2.36. The van der Waals surface area contributed by atoms with Crippen LogP contribution in [0.4, 0.5) is 24.9 Å². The molecular weight excluding hydrogens is 519 g/mol. The van der Waals surface area contributed by atoms with Crippen molar-refractivity contribution in [1.29, 1.82) is 0 Å². The van der Waals surface area contributed by atoms with Crippen LogP contribution in [0.15, 0.2) is 78.0 Å². The zero-order chi connectivity index (χ0) is 26.5. The van der Waals surface area contributed by atoms with E-state index in [-0.39, 0.29) is 11.5 Å². The Morgan fingerprint density at radius 2 is 1.50 bits per heavy atom. The Morgan fingerprint density at radius 3 is 2.18 bits per heavy atom. The average molecular weight is 542 g/mol. The molecule has 0 radical (unpaired) electrons. The number of rotatable bonds is 7. The van der Waals surface area contributed by atoms with E-state index in [4.69, 9.17) is 10.2 Å². The Kier molecular flexibility index (Phi) is 7.69. The fourth-order valence-corrected chi connectivity index (χ4v) is 4.64. The highest BCUT2D eigenvalue weighted by atomic mass is 32.2. The van der Waals surface area contributed by atoms with Crippen LogP contribution in [-0.4, -0.2) is 46.1 Å². The first-order valence-electron chi connectivity index (χ1n) is 11.6. The molecule has 1 aliphatic heterocycles. The summed E-state index contributed by atoms with van der Waals surface area (Å²) in [5, 5.41) is 0. The van der Waals surface area contributed by atoms with Gasteiger partial charge in [0.25, 0.3) is 0 Å². The van der Waals surface area contributed by atoms with Gasteiger partial charge in [-0.3, -0.25) is 0 Å². The molecule has 196 valence electrons. The monoisotopic (exact) mass is 541 g/mol. The summed E-state index contributed by atoms with van der Waals surface area (Å²) < 4.78 is 46.9. The van der Waals surface area contributed by atoms with E-state index < -0.39 is 12.0 Å². The number of nitrogens with two attached hydrogens (primary N) is 1. The minimum absolute atomic E-state index is 0.151. The summed E-state index contributed by atoms with van der Waals surface area (Å²) in [6.45, 7) is 1.87. The molecule has 0 bridgehead atoms. The summed E-state index contributed by atoms with van der Waals surface area (Å²) in [6, 6.07) is 17.6. The van der Waals surface area contributed by atoms with E-state index in [0.29, 0.717) is 53.7 Å². The summed E-state index contributed by atoms with van der Waals surface area (Å²) in [5.74, 6) is 4.51. The van der Waals surface area contributed by atoms with E-state index in [1.165, 1.54) is 0 Å². The predicted octanol–water partition coefficient (Wildman–Crippen LogP) is 4.78. The minimum atomic E-state index is -4.75. The molecule has 1 saturated heterocycles. The van der Waals surface area contributed by atoms with Gasteiger partial charge in [0.05, 0.1) is 23.3 Å². The first-order valence-corrected chi connectivity index (χ1v) is 12.3. The molecule has 0 atom stereocenters. The third-order valence-electron chi connectivity index (χ3n) is 5.90. The van der Waals surface area contributed by atoms with Gasteiger partial charge in [0.2, 0.25) is 11.8 Å². The Morgan fingerprint density at radius 1 is 0.816 bits per heavy atom. The second-order valence-electron chi connectivity index (χ2n) is 8.26. The Hall–Kier alpha value is -3.78. The maximum Gasteiger partial charge on any atom is 0.451 e. The molecule has 2 aromatic carbocycles. The smallest absolute Gasteiger partial charge is 0.352 e. The third-order valence-corrected chi connectivity index (χ3v) is 6.49. The molecular formula is C25H22F3N7O2S. The standard InChI is InChI=1S/C25H22F3N7O2S/c26-25(27,28)23-32-21(18-8-4-9-19(16-18)38-37-36-29)20(17-6-2-1-3-7-17)22(33-23)34-12-14-35(15-13-34)24-30-10-5-11-31-24/h1-11,16H,12-15,29H2. The van der Waals surface area contributed by atoms with Crippen molar-refractivity contribution in [2.75, 3.05) is 36.0 Å². The van der Waals surface area contributed by atoms with Gasteiger partial charge in [-0.1, -0.05) is 42.5 Å². The fraction of sp³-hybridized carbons (Fsp3) is 0.200. The highest BCUT2D eigenvalue weighted by Crippen LogP contribution is 2.41. The molecule has 2 N–H and O–H groups in total. The molecule has 1 aliphatic rings. The van der Waals surface area contributed by atoms with Crippen molar-refractivity contribution in [3.8, 4) is 22.4 Å². The SMILES string of the molecule is NOOSc1cccc(-c2nc(C(F)(F)F)nc(N3CCN(c4ncccn4)CC3)c2-c2ccccc2)c1. The van der Waals surface area contributed by atoms with Crippen LogP contribution in [0.25, 0.3) is 22.4 Å². The molecule has 0 saturated carbocycles. The van der Waals surface area contributed by atoms with Crippen LogP contribution in [0.2, 0.25) is 0 Å². The molecule has 2 aromatic heterocycles. The number of benzene rings is 2. The van der Waals surface area contributed by atoms with E-state index in [1.807, 2.05) is 40.1 Å². The number of alkyl halides is 3. The lowest BCUT2D eigenvalue weighted by molar-refractivity contribution is -0.195. The normalized spacial score (nSPS) is 14.1. The van der Waals surface area contributed by atoms with Gasteiger partial charge in [-0.05, 0) is 23.8 Å². The third kappa shape index (κ3) is 5.70. The van der Waals surface area contributed by atoms with Crippen LogP contribution in [0.3, 0.4) is 0 Å². The topological polar surface area (TPSA) is 103 Å². The highest BCUT2D eigenvalue weighted by Gasteiger charge is 2.38. The Bertz CT molecular complexity index is 1370. The largest absolute Gasteiger partial charge is 0.451 e. The van der Waals surface area contributed by atoms with Crippen molar-refractivity contribution >= 4 is 23.8 Å². The summed E-state index contributed by atoms with van der Waals surface area (Å²) in [6.07, 6.45) is -1.43. The average Bonchev–Trinajstić information content (AvgIpc) is 2.96. The maximum absolute atomic E-state index is 14.1. The summed E-state index contributed by atoms with van der Waals surface area (Å²) >= 11 is 0.830. The number of nitrogens with zero attached hydrogens (tertiary/aromatic N) is 6. The van der Waals surface area contributed by atoms with E-state index in [0.717, 1.165) is 12.0 Å². The van der Waals surface area contributed by atoms with Crippen LogP contribution in [-0.2, 0) is 15.5 Å². The van der Waals surface area contributed by atoms with Gasteiger partial charge in [0.1, 0.15) is 5.82 Å². The first kappa shape index (κ1) is 25.9. The van der Waals surface area contributed by atoms with E-state index in [2.05, 4.69) is 24.9 Å². The molecule has 0 amide bonds. The van der Waals surface area contributed by atoms with Crippen molar-refractivity contribution in [2.24, 2.45) is 5.90 Å². The van der Waals surface area contributed by atoms with E-state index in [1.54, 1.807) is 42.7 Å². The van der Waals surface area contributed by atoms with Crippen LogP contribution >= 0.6 is 12.0 Å². The molecule has 38 heavy (non-hydrogen) atoms. The van der Waals surface area contributed by atoms with Crippen molar-refractivity contribution < 1.29 is 22.5 Å². The van der Waals surface area contributed by atoms with Gasteiger partial charge in [-0.25, -0.2) is 19.9 Å². The summed E-state index contributed by atoms with van der Waals surface area (Å²) in [7, 11) is 0. The maximum atomic E-state index is 14.1. The lowest BCUT2D eigenvalue weighted by atomic mass is 9.98. The van der Waals surface area contributed by atoms with Crippen molar-refractivity contribution in [3.05, 3.63) is 78.9 Å². The fourth-order valence-electron chi connectivity index (χ4n) is 4.21. The summed E-state index contributed by atoms with van der Waals surface area (Å²) in [5.41, 5.74) is 1.80.